The molecule has 0 unspecified atom stereocenters. The van der Waals surface area contributed by atoms with Crippen LogP contribution in [-0.4, -0.2) is 42.3 Å². The van der Waals surface area contributed by atoms with Gasteiger partial charge in [-0.15, -0.1) is 0 Å². The van der Waals surface area contributed by atoms with E-state index in [2.05, 4.69) is 19.5 Å². The van der Waals surface area contributed by atoms with E-state index in [1.165, 1.54) is 0 Å². The lowest BCUT2D eigenvalue weighted by atomic mass is 10.2. The fraction of sp³-hybridized carbons (Fsp3) is 0.417. The molecule has 102 valence electrons. The highest BCUT2D eigenvalue weighted by Crippen LogP contribution is 2.32. The summed E-state index contributed by atoms with van der Waals surface area (Å²) in [6, 6.07) is 0.345. The molecule has 0 radical (unpaired) electrons. The number of hydrogen-bond donors (Lipinski definition) is 3. The van der Waals surface area contributed by atoms with Gasteiger partial charge >= 0.3 is 0 Å². The van der Waals surface area contributed by atoms with Crippen molar-refractivity contribution in [3.05, 3.63) is 24.8 Å². The van der Waals surface area contributed by atoms with Gasteiger partial charge in [0.15, 0.2) is 11.6 Å². The zero-order valence-corrected chi connectivity index (χ0v) is 10.3. The number of hydrogen-bond acceptors (Lipinski definition) is 4. The van der Waals surface area contributed by atoms with Crippen molar-refractivity contribution in [1.82, 2.24) is 19.5 Å². The summed E-state index contributed by atoms with van der Waals surface area (Å²) in [7, 11) is 0. The van der Waals surface area contributed by atoms with E-state index in [4.69, 9.17) is 9.90 Å². The fourth-order valence-electron chi connectivity index (χ4n) is 2.37. The molecular weight excluding hydrogens is 248 g/mol. The van der Waals surface area contributed by atoms with E-state index < -0.39 is 0 Å². The minimum atomic E-state index is -0.250. The molecule has 0 aromatic carbocycles. The number of aliphatic hydroxyl groups is 1. The van der Waals surface area contributed by atoms with Crippen LogP contribution in [0.15, 0.2) is 24.8 Å². The van der Waals surface area contributed by atoms with Gasteiger partial charge in [-0.2, -0.15) is 0 Å². The molecule has 7 nitrogen and oxygen atoms in total. The number of nitrogens with zero attached hydrogens (tertiary/aromatic N) is 3. The average Bonchev–Trinajstić information content (AvgIpc) is 3.10. The first-order chi connectivity index (χ1) is 9.26. The van der Waals surface area contributed by atoms with Crippen LogP contribution in [0.4, 0.5) is 0 Å². The minimum Gasteiger partial charge on any atom is -0.483 e. The molecule has 0 saturated heterocycles. The Hall–Kier alpha value is -2.15. The molecule has 2 atom stereocenters. The number of H-pyrrole nitrogens is 1. The molecule has 2 aromatic rings. The second-order valence-corrected chi connectivity index (χ2v) is 4.32. The van der Waals surface area contributed by atoms with Gasteiger partial charge in [-0.05, 0) is 19.3 Å². The Kier molecular flexibility index (Phi) is 4.30. The molecule has 0 spiro atoms. The fourth-order valence-corrected chi connectivity index (χ4v) is 2.37. The Labute approximate surface area is 109 Å². The molecule has 7 heteroatoms. The van der Waals surface area contributed by atoms with Crippen molar-refractivity contribution in [2.24, 2.45) is 0 Å². The van der Waals surface area contributed by atoms with E-state index in [1.807, 2.05) is 6.20 Å². The monoisotopic (exact) mass is 264 g/mol. The molecule has 1 aliphatic rings. The van der Waals surface area contributed by atoms with Gasteiger partial charge in [-0.25, -0.2) is 9.97 Å². The van der Waals surface area contributed by atoms with Crippen LogP contribution in [0.2, 0.25) is 0 Å². The Bertz CT molecular complexity index is 509. The predicted molar refractivity (Wildman–Crippen MR) is 67.4 cm³/mol. The number of aromatic amines is 1. The van der Waals surface area contributed by atoms with Gasteiger partial charge in [-0.3, -0.25) is 4.79 Å². The van der Waals surface area contributed by atoms with E-state index >= 15 is 0 Å². The molecule has 19 heavy (non-hydrogen) atoms. The summed E-state index contributed by atoms with van der Waals surface area (Å²) in [6.45, 7) is -0.250. The number of carboxylic acid groups (broad SMARTS) is 1. The molecule has 3 N–H and O–H groups in total. The third-order valence-corrected chi connectivity index (χ3v) is 3.15. The van der Waals surface area contributed by atoms with E-state index in [1.54, 1.807) is 18.6 Å². The number of aliphatic hydroxyl groups excluding tert-OH is 1. The molecule has 0 amide bonds. The summed E-state index contributed by atoms with van der Waals surface area (Å²) in [6.07, 6.45) is 9.77. The van der Waals surface area contributed by atoms with Crippen LogP contribution in [0.1, 0.15) is 25.3 Å². The van der Waals surface area contributed by atoms with Crippen LogP contribution in [0.5, 0.6) is 0 Å². The molecule has 0 bridgehead atoms. The van der Waals surface area contributed by atoms with Crippen LogP contribution < -0.4 is 0 Å². The largest absolute Gasteiger partial charge is 0.483 e. The number of rotatable bonds is 2. The first kappa shape index (κ1) is 13.3. The predicted octanol–water partition coefficient (Wildman–Crippen LogP) is 1.06. The van der Waals surface area contributed by atoms with Crippen LogP contribution >= 0.6 is 0 Å². The second kappa shape index (κ2) is 6.14. The van der Waals surface area contributed by atoms with Gasteiger partial charge in [0.25, 0.3) is 6.47 Å². The Morgan fingerprint density at radius 1 is 1.37 bits per heavy atom. The maximum Gasteiger partial charge on any atom is 0.290 e. The van der Waals surface area contributed by atoms with Crippen molar-refractivity contribution < 1.29 is 15.0 Å². The molecular formula is C12H16N4O3. The third-order valence-electron chi connectivity index (χ3n) is 3.15. The minimum absolute atomic E-state index is 0.170. The Balaban J connectivity index is 0.000000408. The molecule has 1 fully saturated rings. The first-order valence-corrected chi connectivity index (χ1v) is 6.04. The van der Waals surface area contributed by atoms with Crippen molar-refractivity contribution in [3.8, 4) is 11.6 Å². The maximum atomic E-state index is 9.56. The summed E-state index contributed by atoms with van der Waals surface area (Å²) in [5.74, 6) is 1.63. The van der Waals surface area contributed by atoms with Crippen LogP contribution in [0.25, 0.3) is 11.6 Å². The number of carbonyl (C=O) groups is 1. The van der Waals surface area contributed by atoms with E-state index in [-0.39, 0.29) is 12.6 Å². The second-order valence-electron chi connectivity index (χ2n) is 4.32. The quantitative estimate of drug-likeness (QED) is 0.703. The molecule has 2 aromatic heterocycles. The highest BCUT2D eigenvalue weighted by Gasteiger charge is 2.26. The summed E-state index contributed by atoms with van der Waals surface area (Å²) < 4.78 is 2.11. The molecule has 1 aliphatic carbocycles. The number of nitrogens with one attached hydrogen (secondary N) is 1. The maximum absolute atomic E-state index is 9.56. The van der Waals surface area contributed by atoms with Gasteiger partial charge in [0.1, 0.15) is 0 Å². The zero-order chi connectivity index (χ0) is 13.7. The summed E-state index contributed by atoms with van der Waals surface area (Å²) in [5.41, 5.74) is 0. The third kappa shape index (κ3) is 3.00. The lowest BCUT2D eigenvalue weighted by molar-refractivity contribution is -0.122. The molecule has 0 aliphatic heterocycles. The van der Waals surface area contributed by atoms with Crippen molar-refractivity contribution in [3.63, 3.8) is 0 Å². The van der Waals surface area contributed by atoms with Crippen LogP contribution in [0, 0.1) is 0 Å². The lowest BCUT2D eigenvalue weighted by Crippen LogP contribution is -2.08. The van der Waals surface area contributed by atoms with Gasteiger partial charge in [-0.1, -0.05) is 0 Å². The van der Waals surface area contributed by atoms with Gasteiger partial charge in [0.05, 0.1) is 6.10 Å². The van der Waals surface area contributed by atoms with Crippen LogP contribution in [-0.2, 0) is 4.79 Å². The van der Waals surface area contributed by atoms with Crippen molar-refractivity contribution in [2.45, 2.75) is 31.4 Å². The van der Waals surface area contributed by atoms with Crippen molar-refractivity contribution in [2.75, 3.05) is 0 Å². The standard InChI is InChI=1S/C11H14N4O.CH2O2/c16-9-2-1-8(7-9)15-6-5-14-11(15)10-12-3-4-13-10;2-1-3/h3-6,8-9,16H,1-2,7H2,(H,12,13);1H,(H,2,3)/t8-,9+;/m1./s1. The van der Waals surface area contributed by atoms with E-state index in [0.717, 1.165) is 30.9 Å². The SMILES string of the molecule is O=CO.O[C@H]1CC[C@@H](n2ccnc2-c2ncc[nH]2)C1. The molecule has 1 saturated carbocycles. The van der Waals surface area contributed by atoms with Gasteiger partial charge in [0, 0.05) is 30.8 Å². The van der Waals surface area contributed by atoms with Crippen molar-refractivity contribution >= 4 is 6.47 Å². The molecule has 3 rings (SSSR count). The summed E-state index contributed by atoms with van der Waals surface area (Å²) in [4.78, 5) is 19.9. The smallest absolute Gasteiger partial charge is 0.290 e. The van der Waals surface area contributed by atoms with Gasteiger partial charge < -0.3 is 19.8 Å². The van der Waals surface area contributed by atoms with Crippen molar-refractivity contribution in [1.29, 1.82) is 0 Å². The van der Waals surface area contributed by atoms with Crippen LogP contribution in [0.3, 0.4) is 0 Å². The summed E-state index contributed by atoms with van der Waals surface area (Å²) in [5, 5.41) is 16.5. The summed E-state index contributed by atoms with van der Waals surface area (Å²) >= 11 is 0. The Morgan fingerprint density at radius 2 is 2.16 bits per heavy atom. The average molecular weight is 264 g/mol. The Morgan fingerprint density at radius 3 is 2.74 bits per heavy atom. The topological polar surface area (TPSA) is 104 Å². The highest BCUT2D eigenvalue weighted by molar-refractivity contribution is 5.43. The highest BCUT2D eigenvalue weighted by atomic mass is 16.3. The number of aromatic nitrogens is 4. The normalized spacial score (nSPS) is 21.7. The lowest BCUT2D eigenvalue weighted by Gasteiger charge is -2.13. The van der Waals surface area contributed by atoms with E-state index in [9.17, 15) is 5.11 Å². The number of imidazole rings is 2. The zero-order valence-electron chi connectivity index (χ0n) is 10.3. The van der Waals surface area contributed by atoms with Gasteiger partial charge in [0.2, 0.25) is 0 Å². The molecule has 2 heterocycles. The first-order valence-electron chi connectivity index (χ1n) is 6.04. The van der Waals surface area contributed by atoms with E-state index in [0.29, 0.717) is 6.04 Å².